The van der Waals surface area contributed by atoms with Crippen LogP contribution in [0, 0.1) is 13.8 Å². The topological polar surface area (TPSA) is 331 Å². The summed E-state index contributed by atoms with van der Waals surface area (Å²) in [5.74, 6) is -3.89. The van der Waals surface area contributed by atoms with E-state index in [2.05, 4.69) is 20.5 Å². The largest absolute Gasteiger partial charge is 4.00 e. The van der Waals surface area contributed by atoms with Gasteiger partial charge in [0.2, 0.25) is 0 Å². The fraction of sp³-hybridized carbons (Fsp3) is 0.133. The van der Waals surface area contributed by atoms with Gasteiger partial charge in [-0.05, 0) is 97.8 Å². The number of aromatic hydroxyl groups is 2. The van der Waals surface area contributed by atoms with E-state index in [-0.39, 0.29) is 53.6 Å². The Labute approximate surface area is 306 Å². The molecule has 0 saturated heterocycles. The maximum Gasteiger partial charge on any atom is 4.00 e. The standard InChI is InChI=1S/2C14H12N2O6S.C2H8N2.Pt/c2*1-8-6-10(7-12(13(8)17)14(18)19)16-15-9-2-4-11(5-3-9)23(20,21)22;3-1-2-4;/h2*2-7,17H,1H3,(H,18,19)(H,20,21,22);1-4H2;/q;;;+4/p-2. The van der Waals surface area contributed by atoms with Gasteiger partial charge in [-0.15, -0.1) is 0 Å². The molecular weight excluding hydrogens is 896 g/mol. The van der Waals surface area contributed by atoms with Gasteiger partial charge in [-0.1, -0.05) is 0 Å². The number of nitrogens with zero attached hydrogens (tertiary/aromatic N) is 4. The first-order valence-electron chi connectivity index (χ1n) is 13.8. The van der Waals surface area contributed by atoms with Gasteiger partial charge in [0, 0.05) is 24.2 Å². The molecule has 0 saturated carbocycles. The van der Waals surface area contributed by atoms with E-state index in [0.29, 0.717) is 24.2 Å². The summed E-state index contributed by atoms with van der Waals surface area (Å²) < 4.78 is 61.4. The van der Waals surface area contributed by atoms with Crippen LogP contribution in [0.5, 0.6) is 11.5 Å². The maximum atomic E-state index is 10.9. The Morgan fingerprint density at radius 1 is 0.588 bits per heavy atom. The molecule has 21 heteroatoms. The van der Waals surface area contributed by atoms with Crippen LogP contribution in [0.25, 0.3) is 0 Å². The van der Waals surface area contributed by atoms with Crippen LogP contribution in [0.15, 0.2) is 103 Å². The number of carbonyl (C=O) groups is 2. The van der Waals surface area contributed by atoms with Crippen molar-refractivity contribution in [1.82, 2.24) is 0 Å². The molecule has 0 aliphatic carbocycles. The zero-order chi connectivity index (χ0) is 37.8. The van der Waals surface area contributed by atoms with E-state index in [1.165, 1.54) is 50.2 Å². The molecule has 0 unspecified atom stereocenters. The van der Waals surface area contributed by atoms with Crippen molar-refractivity contribution < 1.29 is 77.0 Å². The minimum Gasteiger partial charge on any atom is -0.545 e. The van der Waals surface area contributed by atoms with Crippen LogP contribution in [0.2, 0.25) is 0 Å². The van der Waals surface area contributed by atoms with Crippen LogP contribution in [0.4, 0.5) is 22.7 Å². The number of carboxylic acids is 2. The first kappa shape index (κ1) is 44.1. The minimum absolute atomic E-state index is 0. The van der Waals surface area contributed by atoms with E-state index < -0.39 is 54.8 Å². The van der Waals surface area contributed by atoms with E-state index in [0.717, 1.165) is 36.4 Å². The summed E-state index contributed by atoms with van der Waals surface area (Å²) in [6.45, 7) is 4.20. The van der Waals surface area contributed by atoms with Gasteiger partial charge in [0.1, 0.15) is 11.5 Å². The van der Waals surface area contributed by atoms with Gasteiger partial charge in [-0.25, -0.2) is 0 Å². The summed E-state index contributed by atoms with van der Waals surface area (Å²) in [6.07, 6.45) is 0. The first-order valence-corrected chi connectivity index (χ1v) is 16.6. The zero-order valence-electron chi connectivity index (χ0n) is 26.5. The smallest absolute Gasteiger partial charge is 0.545 e. The van der Waals surface area contributed by atoms with E-state index >= 15 is 0 Å². The van der Waals surface area contributed by atoms with Crippen molar-refractivity contribution in [2.45, 2.75) is 23.6 Å². The number of hydrogen-bond acceptors (Lipinski definition) is 16. The number of aryl methyl sites for hydroxylation is 2. The summed E-state index contributed by atoms with van der Waals surface area (Å²) in [5, 5.41) is 56.3. The molecule has 0 aliphatic heterocycles. The van der Waals surface area contributed by atoms with E-state index in [1.807, 2.05) is 0 Å². The molecule has 0 fully saturated rings. The van der Waals surface area contributed by atoms with Crippen molar-refractivity contribution in [2.24, 2.45) is 31.9 Å². The average molecular weight is 926 g/mol. The first-order chi connectivity index (χ1) is 23.3. The summed E-state index contributed by atoms with van der Waals surface area (Å²) in [4.78, 5) is 21.3. The third-order valence-corrected chi connectivity index (χ3v) is 7.74. The molecule has 0 radical (unpaired) electrons. The molecule has 0 amide bonds. The number of azo groups is 2. The van der Waals surface area contributed by atoms with Crippen LogP contribution in [0.3, 0.4) is 0 Å². The number of aromatic carboxylic acids is 2. The fourth-order valence-electron chi connectivity index (χ4n) is 3.55. The molecule has 0 bridgehead atoms. The monoisotopic (exact) mass is 925 g/mol. The molecule has 272 valence electrons. The minimum atomic E-state index is -4.28. The van der Waals surface area contributed by atoms with Crippen molar-refractivity contribution in [2.75, 3.05) is 13.1 Å². The van der Waals surface area contributed by atoms with Crippen LogP contribution in [-0.4, -0.2) is 61.2 Å². The van der Waals surface area contributed by atoms with Gasteiger partial charge in [-0.2, -0.15) is 37.3 Å². The molecule has 0 spiro atoms. The molecule has 0 aliphatic rings. The number of phenols is 2. The van der Waals surface area contributed by atoms with Crippen LogP contribution in [0.1, 0.15) is 31.8 Å². The molecule has 0 heterocycles. The third kappa shape index (κ3) is 13.7. The van der Waals surface area contributed by atoms with Crippen molar-refractivity contribution in [3.63, 3.8) is 0 Å². The van der Waals surface area contributed by atoms with Crippen LogP contribution in [-0.2, 0) is 41.3 Å². The number of carbonyl (C=O) groups excluding carboxylic acids is 2. The Hall–Kier alpha value is -4.95. The predicted octanol–water partition coefficient (Wildman–Crippen LogP) is 2.35. The molecular formula is C30H30N6O12PtS2+2. The van der Waals surface area contributed by atoms with E-state index in [9.17, 15) is 46.9 Å². The summed E-state index contributed by atoms with van der Waals surface area (Å²) >= 11 is 0. The van der Waals surface area contributed by atoms with Gasteiger partial charge in [-0.3, -0.25) is 9.11 Å². The molecule has 0 atom stereocenters. The van der Waals surface area contributed by atoms with Crippen LogP contribution < -0.4 is 21.7 Å². The number of rotatable bonds is 9. The molecule has 51 heavy (non-hydrogen) atoms. The van der Waals surface area contributed by atoms with Crippen LogP contribution >= 0.6 is 0 Å². The number of nitrogens with two attached hydrogens (primary N) is 2. The number of benzene rings is 4. The Kier molecular flexibility index (Phi) is 16.8. The summed E-state index contributed by atoms with van der Waals surface area (Å²) in [6, 6.07) is 14.9. The van der Waals surface area contributed by atoms with Gasteiger partial charge in [0.05, 0.1) is 44.5 Å². The van der Waals surface area contributed by atoms with Gasteiger partial charge in [0.25, 0.3) is 20.2 Å². The third-order valence-electron chi connectivity index (χ3n) is 6.01. The second-order valence-corrected chi connectivity index (χ2v) is 12.7. The Morgan fingerprint density at radius 3 is 1.10 bits per heavy atom. The molecule has 4 aromatic rings. The van der Waals surface area contributed by atoms with Gasteiger partial charge in [0.15, 0.2) is 0 Å². The van der Waals surface area contributed by atoms with Crippen molar-refractivity contribution >= 4 is 54.9 Å². The molecule has 4 rings (SSSR count). The second-order valence-electron chi connectivity index (χ2n) is 9.81. The Morgan fingerprint density at radius 2 is 0.863 bits per heavy atom. The van der Waals surface area contributed by atoms with E-state index in [4.69, 9.17) is 20.6 Å². The van der Waals surface area contributed by atoms with Crippen molar-refractivity contribution in [1.29, 1.82) is 0 Å². The molecule has 4 aromatic carbocycles. The van der Waals surface area contributed by atoms with Crippen molar-refractivity contribution in [3.05, 3.63) is 95.1 Å². The van der Waals surface area contributed by atoms with Gasteiger partial charge < -0.3 is 41.5 Å². The summed E-state index contributed by atoms with van der Waals surface area (Å²) in [5.41, 5.74) is 10.5. The SMILES string of the molecule is Cc1cc(N=Nc2ccc(S(=O)(=O)O)cc2)cc(C(=O)[O-])c1O.Cc1cc(N=Nc2ccc(S(=O)(=O)O)cc2)cc(C(=O)[O-])c1O.NCCN.[Pt+4]. The average Bonchev–Trinajstić information content (AvgIpc) is 3.05. The van der Waals surface area contributed by atoms with Gasteiger partial charge >= 0.3 is 21.1 Å². The number of carboxylic acid groups (broad SMARTS) is 2. The van der Waals surface area contributed by atoms with E-state index in [1.54, 1.807) is 0 Å². The predicted molar refractivity (Wildman–Crippen MR) is 173 cm³/mol. The fourth-order valence-corrected chi connectivity index (χ4v) is 4.51. The number of hydrogen-bond donors (Lipinski definition) is 6. The molecule has 0 aromatic heterocycles. The maximum absolute atomic E-state index is 10.9. The molecule has 8 N–H and O–H groups in total. The second kappa shape index (κ2) is 19.4. The quantitative estimate of drug-likeness (QED) is 0.104. The Bertz CT molecular complexity index is 1980. The zero-order valence-corrected chi connectivity index (χ0v) is 30.4. The normalized spacial score (nSPS) is 11.2. The Balaban J connectivity index is 0.000000453. The van der Waals surface area contributed by atoms with Crippen molar-refractivity contribution in [3.8, 4) is 11.5 Å². The summed E-state index contributed by atoms with van der Waals surface area (Å²) in [7, 11) is -8.57. The molecule has 18 nitrogen and oxygen atoms in total.